The third-order valence-corrected chi connectivity index (χ3v) is 3.53. The van der Waals surface area contributed by atoms with Gasteiger partial charge in [0.05, 0.1) is 13.0 Å². The van der Waals surface area contributed by atoms with Crippen LogP contribution < -0.4 is 0 Å². The first-order chi connectivity index (χ1) is 9.25. The van der Waals surface area contributed by atoms with Crippen molar-refractivity contribution in [3.8, 4) is 0 Å². The fourth-order valence-electron chi connectivity index (χ4n) is 2.60. The van der Waals surface area contributed by atoms with E-state index in [1.807, 2.05) is 13.8 Å². The van der Waals surface area contributed by atoms with Gasteiger partial charge in [-0.1, -0.05) is 13.8 Å². The van der Waals surface area contributed by atoms with E-state index in [9.17, 15) is 23.5 Å². The molecule has 1 saturated heterocycles. The molecule has 116 valence electrons. The number of amides is 1. The van der Waals surface area contributed by atoms with Crippen LogP contribution in [0.1, 0.15) is 33.1 Å². The highest BCUT2D eigenvalue weighted by Crippen LogP contribution is 2.35. The molecule has 0 aliphatic carbocycles. The van der Waals surface area contributed by atoms with Crippen LogP contribution in [0.2, 0.25) is 0 Å². The number of alkyl halides is 2. The molecule has 1 amide bonds. The molecule has 7 heteroatoms. The monoisotopic (exact) mass is 293 g/mol. The molecular weight excluding hydrogens is 272 g/mol. The van der Waals surface area contributed by atoms with E-state index in [0.717, 1.165) is 12.8 Å². The van der Waals surface area contributed by atoms with Crippen molar-refractivity contribution in [1.29, 1.82) is 0 Å². The molecule has 0 spiro atoms. The number of nitrogens with zero attached hydrogens (tertiary/aromatic N) is 1. The summed E-state index contributed by atoms with van der Waals surface area (Å²) in [5.74, 6) is -1.39. The summed E-state index contributed by atoms with van der Waals surface area (Å²) >= 11 is 0. The van der Waals surface area contributed by atoms with Gasteiger partial charge < -0.3 is 14.7 Å². The molecule has 1 aliphatic rings. The number of carboxylic acids is 1. The Kier molecular flexibility index (Phi) is 5.86. The zero-order valence-corrected chi connectivity index (χ0v) is 11.8. The van der Waals surface area contributed by atoms with Gasteiger partial charge in [0.25, 0.3) is 6.43 Å². The SMILES string of the molecule is CC1(C)CCCN(C(=O)CCOCC(F)F)C1C(=O)O. The molecule has 0 aromatic carbocycles. The average molecular weight is 293 g/mol. The maximum atomic E-state index is 12.0. The number of ether oxygens (including phenoxy) is 1. The molecular formula is C13H21F2NO4. The molecule has 5 nitrogen and oxygen atoms in total. The summed E-state index contributed by atoms with van der Waals surface area (Å²) in [4.78, 5) is 24.8. The first kappa shape index (κ1) is 16.8. The van der Waals surface area contributed by atoms with E-state index < -0.39 is 30.5 Å². The molecule has 0 radical (unpaired) electrons. The lowest BCUT2D eigenvalue weighted by Crippen LogP contribution is -2.56. The second-order valence-corrected chi connectivity index (χ2v) is 5.64. The zero-order valence-electron chi connectivity index (χ0n) is 11.8. The lowest BCUT2D eigenvalue weighted by atomic mass is 9.76. The van der Waals surface area contributed by atoms with Crippen molar-refractivity contribution in [1.82, 2.24) is 4.90 Å². The van der Waals surface area contributed by atoms with Gasteiger partial charge in [-0.3, -0.25) is 4.79 Å². The topological polar surface area (TPSA) is 66.8 Å². The second-order valence-electron chi connectivity index (χ2n) is 5.64. The third kappa shape index (κ3) is 4.40. The van der Waals surface area contributed by atoms with E-state index in [0.29, 0.717) is 6.54 Å². The summed E-state index contributed by atoms with van der Waals surface area (Å²) in [6.45, 7) is 3.19. The van der Waals surface area contributed by atoms with Gasteiger partial charge in [-0.15, -0.1) is 0 Å². The van der Waals surface area contributed by atoms with Crippen molar-refractivity contribution in [3.63, 3.8) is 0 Å². The quantitative estimate of drug-likeness (QED) is 0.758. The number of hydrogen-bond donors (Lipinski definition) is 1. The molecule has 0 aromatic heterocycles. The minimum Gasteiger partial charge on any atom is -0.480 e. The minimum absolute atomic E-state index is 0.0768. The van der Waals surface area contributed by atoms with Crippen LogP contribution in [0.3, 0.4) is 0 Å². The molecule has 1 unspecified atom stereocenters. The minimum atomic E-state index is -2.56. The molecule has 1 fully saturated rings. The standard InChI is InChI=1S/C13H21F2NO4/c1-13(2)5-3-6-16(11(13)12(18)19)10(17)4-7-20-8-9(14)15/h9,11H,3-8H2,1-2H3,(H,18,19). The molecule has 1 N–H and O–H groups in total. The maximum Gasteiger partial charge on any atom is 0.326 e. The van der Waals surface area contributed by atoms with Gasteiger partial charge in [-0.05, 0) is 18.3 Å². The van der Waals surface area contributed by atoms with Crippen molar-refractivity contribution in [3.05, 3.63) is 0 Å². The number of likely N-dealkylation sites (tertiary alicyclic amines) is 1. The Labute approximate surface area is 116 Å². The van der Waals surface area contributed by atoms with Gasteiger partial charge in [0.1, 0.15) is 12.6 Å². The van der Waals surface area contributed by atoms with Crippen molar-refractivity contribution < 1.29 is 28.2 Å². The van der Waals surface area contributed by atoms with Crippen LogP contribution in [0.25, 0.3) is 0 Å². The van der Waals surface area contributed by atoms with Gasteiger partial charge >= 0.3 is 5.97 Å². The predicted octanol–water partition coefficient (Wildman–Crippen LogP) is 1.76. The van der Waals surface area contributed by atoms with E-state index in [-0.39, 0.29) is 18.9 Å². The Morgan fingerprint density at radius 2 is 2.10 bits per heavy atom. The summed E-state index contributed by atoms with van der Waals surface area (Å²) in [6.07, 6.45) is -1.17. The number of carbonyl (C=O) groups excluding carboxylic acids is 1. The third-order valence-electron chi connectivity index (χ3n) is 3.53. The van der Waals surface area contributed by atoms with Crippen LogP contribution in [-0.2, 0) is 14.3 Å². The van der Waals surface area contributed by atoms with Gasteiger partial charge in [-0.25, -0.2) is 13.6 Å². The molecule has 0 saturated carbocycles. The smallest absolute Gasteiger partial charge is 0.326 e. The highest BCUT2D eigenvalue weighted by atomic mass is 19.3. The van der Waals surface area contributed by atoms with Crippen LogP contribution in [0.15, 0.2) is 0 Å². The maximum absolute atomic E-state index is 12.0. The fraction of sp³-hybridized carbons (Fsp3) is 0.846. The lowest BCUT2D eigenvalue weighted by Gasteiger charge is -2.44. The van der Waals surface area contributed by atoms with Crippen LogP contribution in [0, 0.1) is 5.41 Å². The first-order valence-electron chi connectivity index (χ1n) is 6.64. The number of carbonyl (C=O) groups is 2. The average Bonchev–Trinajstić information content (AvgIpc) is 2.32. The molecule has 20 heavy (non-hydrogen) atoms. The molecule has 0 bridgehead atoms. The van der Waals surface area contributed by atoms with Crippen molar-refractivity contribution >= 4 is 11.9 Å². The number of halogens is 2. The van der Waals surface area contributed by atoms with Gasteiger partial charge in [0, 0.05) is 6.54 Å². The summed E-state index contributed by atoms with van der Waals surface area (Å²) < 4.78 is 28.4. The highest BCUT2D eigenvalue weighted by Gasteiger charge is 2.44. The Morgan fingerprint density at radius 1 is 1.45 bits per heavy atom. The molecule has 1 aliphatic heterocycles. The van der Waals surface area contributed by atoms with Crippen molar-refractivity contribution in [2.45, 2.75) is 45.6 Å². The van der Waals surface area contributed by atoms with E-state index >= 15 is 0 Å². The Hall–Kier alpha value is -1.24. The van der Waals surface area contributed by atoms with E-state index in [2.05, 4.69) is 4.74 Å². The van der Waals surface area contributed by atoms with Gasteiger partial charge in [0.2, 0.25) is 5.91 Å². The Balaban J connectivity index is 2.58. The van der Waals surface area contributed by atoms with Crippen LogP contribution in [0.5, 0.6) is 0 Å². The van der Waals surface area contributed by atoms with Gasteiger partial charge in [0.15, 0.2) is 0 Å². The van der Waals surface area contributed by atoms with E-state index in [4.69, 9.17) is 0 Å². The van der Waals surface area contributed by atoms with Gasteiger partial charge in [-0.2, -0.15) is 0 Å². The second kappa shape index (κ2) is 6.97. The molecule has 1 atom stereocenters. The van der Waals surface area contributed by atoms with Crippen LogP contribution >= 0.6 is 0 Å². The summed E-state index contributed by atoms with van der Waals surface area (Å²) in [7, 11) is 0. The normalized spacial score (nSPS) is 22.1. The zero-order chi connectivity index (χ0) is 15.3. The first-order valence-corrected chi connectivity index (χ1v) is 6.64. The number of carboxylic acid groups (broad SMARTS) is 1. The van der Waals surface area contributed by atoms with Crippen molar-refractivity contribution in [2.75, 3.05) is 19.8 Å². The predicted molar refractivity (Wildman–Crippen MR) is 67.6 cm³/mol. The lowest BCUT2D eigenvalue weighted by molar-refractivity contribution is -0.159. The number of hydrogen-bond acceptors (Lipinski definition) is 3. The molecule has 1 heterocycles. The number of rotatable bonds is 6. The fourth-order valence-corrected chi connectivity index (χ4v) is 2.60. The summed E-state index contributed by atoms with van der Waals surface area (Å²) in [5, 5.41) is 9.31. The Morgan fingerprint density at radius 3 is 2.65 bits per heavy atom. The molecule has 1 rings (SSSR count). The largest absolute Gasteiger partial charge is 0.480 e. The Bertz CT molecular complexity index is 360. The van der Waals surface area contributed by atoms with Crippen LogP contribution in [0.4, 0.5) is 8.78 Å². The number of aliphatic carboxylic acids is 1. The number of piperidine rings is 1. The van der Waals surface area contributed by atoms with E-state index in [1.54, 1.807) is 0 Å². The van der Waals surface area contributed by atoms with Crippen molar-refractivity contribution in [2.24, 2.45) is 5.41 Å². The highest BCUT2D eigenvalue weighted by molar-refractivity contribution is 5.84. The summed E-state index contributed by atoms with van der Waals surface area (Å²) in [5.41, 5.74) is -0.496. The van der Waals surface area contributed by atoms with E-state index in [1.165, 1.54) is 4.90 Å². The van der Waals surface area contributed by atoms with Crippen LogP contribution in [-0.4, -0.2) is 54.1 Å². The summed E-state index contributed by atoms with van der Waals surface area (Å²) in [6, 6.07) is -0.876. The molecule has 0 aromatic rings.